The highest BCUT2D eigenvalue weighted by Gasteiger charge is 2.38. The van der Waals surface area contributed by atoms with Gasteiger partial charge in [0.2, 0.25) is 11.8 Å². The number of anilines is 1. The standard InChI is InChI=1S/C24H28FN3O2/c25-20-10-4-5-11-21(20)28-14-13-22(24(28)30)26-15-17-27(18-16-26)23(29)12-6-9-19-7-2-1-3-8-19/h1-5,7-8,10-11,22H,6,9,12-18H2. The smallest absolute Gasteiger partial charge is 0.244 e. The van der Waals surface area contributed by atoms with Crippen molar-refractivity contribution in [3.8, 4) is 0 Å². The lowest BCUT2D eigenvalue weighted by Crippen LogP contribution is -2.53. The maximum Gasteiger partial charge on any atom is 0.244 e. The van der Waals surface area contributed by atoms with E-state index >= 15 is 0 Å². The van der Waals surface area contributed by atoms with Crippen LogP contribution in [-0.4, -0.2) is 60.4 Å². The monoisotopic (exact) mass is 409 g/mol. The molecule has 0 spiro atoms. The molecule has 2 fully saturated rings. The number of rotatable bonds is 6. The Morgan fingerprint density at radius 3 is 2.37 bits per heavy atom. The normalized spacial score (nSPS) is 20.0. The van der Waals surface area contributed by atoms with Gasteiger partial charge < -0.3 is 9.80 Å². The second-order valence-corrected chi connectivity index (χ2v) is 8.00. The molecule has 0 radical (unpaired) electrons. The summed E-state index contributed by atoms with van der Waals surface area (Å²) >= 11 is 0. The van der Waals surface area contributed by atoms with Crippen LogP contribution in [0.1, 0.15) is 24.8 Å². The predicted molar refractivity (Wildman–Crippen MR) is 115 cm³/mol. The molecule has 158 valence electrons. The molecule has 5 nitrogen and oxygen atoms in total. The molecular weight excluding hydrogens is 381 g/mol. The van der Waals surface area contributed by atoms with Crippen molar-refractivity contribution in [3.63, 3.8) is 0 Å². The first kappa shape index (κ1) is 20.5. The van der Waals surface area contributed by atoms with Gasteiger partial charge in [-0.2, -0.15) is 0 Å². The molecule has 0 aliphatic carbocycles. The number of halogens is 1. The summed E-state index contributed by atoms with van der Waals surface area (Å²) in [6, 6.07) is 16.4. The van der Waals surface area contributed by atoms with E-state index in [0.717, 1.165) is 12.8 Å². The molecule has 2 aliphatic rings. The highest BCUT2D eigenvalue weighted by atomic mass is 19.1. The number of aryl methyl sites for hydroxylation is 1. The van der Waals surface area contributed by atoms with Crippen molar-refractivity contribution < 1.29 is 14.0 Å². The lowest BCUT2D eigenvalue weighted by molar-refractivity contribution is -0.133. The molecule has 0 aromatic heterocycles. The molecule has 0 bridgehead atoms. The molecule has 1 atom stereocenters. The van der Waals surface area contributed by atoms with Crippen LogP contribution in [0.2, 0.25) is 0 Å². The van der Waals surface area contributed by atoms with Crippen LogP contribution in [0.15, 0.2) is 54.6 Å². The number of benzene rings is 2. The van der Waals surface area contributed by atoms with Gasteiger partial charge in [-0.3, -0.25) is 14.5 Å². The second kappa shape index (κ2) is 9.39. The Balaban J connectivity index is 1.25. The van der Waals surface area contributed by atoms with E-state index in [1.165, 1.54) is 11.6 Å². The van der Waals surface area contributed by atoms with Gasteiger partial charge in [0.25, 0.3) is 0 Å². The van der Waals surface area contributed by atoms with E-state index in [-0.39, 0.29) is 23.7 Å². The first-order valence-corrected chi connectivity index (χ1v) is 10.7. The first-order chi connectivity index (χ1) is 14.6. The minimum Gasteiger partial charge on any atom is -0.340 e. The van der Waals surface area contributed by atoms with Crippen molar-refractivity contribution >= 4 is 17.5 Å². The van der Waals surface area contributed by atoms with E-state index in [9.17, 15) is 14.0 Å². The largest absolute Gasteiger partial charge is 0.340 e. The summed E-state index contributed by atoms with van der Waals surface area (Å²) < 4.78 is 14.1. The van der Waals surface area contributed by atoms with E-state index in [1.54, 1.807) is 23.1 Å². The predicted octanol–water partition coefficient (Wildman–Crippen LogP) is 3.10. The van der Waals surface area contributed by atoms with Crippen LogP contribution in [0.3, 0.4) is 0 Å². The number of nitrogens with zero attached hydrogens (tertiary/aromatic N) is 3. The van der Waals surface area contributed by atoms with Crippen molar-refractivity contribution in [3.05, 3.63) is 66.0 Å². The molecule has 4 rings (SSSR count). The van der Waals surface area contributed by atoms with Crippen molar-refractivity contribution in [1.29, 1.82) is 0 Å². The Morgan fingerprint density at radius 1 is 0.933 bits per heavy atom. The van der Waals surface area contributed by atoms with Crippen molar-refractivity contribution in [1.82, 2.24) is 9.80 Å². The Hall–Kier alpha value is -2.73. The van der Waals surface area contributed by atoms with Crippen LogP contribution >= 0.6 is 0 Å². The molecule has 2 saturated heterocycles. The van der Waals surface area contributed by atoms with Gasteiger partial charge in [-0.25, -0.2) is 4.39 Å². The number of hydrogen-bond acceptors (Lipinski definition) is 3. The zero-order valence-corrected chi connectivity index (χ0v) is 17.2. The van der Waals surface area contributed by atoms with Gasteiger partial charge in [-0.15, -0.1) is 0 Å². The van der Waals surface area contributed by atoms with Crippen LogP contribution in [0.25, 0.3) is 0 Å². The maximum atomic E-state index is 14.1. The molecule has 2 amide bonds. The number of carbonyl (C=O) groups excluding carboxylic acids is 2. The fourth-order valence-corrected chi connectivity index (χ4v) is 4.44. The van der Waals surface area contributed by atoms with Gasteiger partial charge >= 0.3 is 0 Å². The van der Waals surface area contributed by atoms with Gasteiger partial charge in [0, 0.05) is 39.1 Å². The topological polar surface area (TPSA) is 43.9 Å². The average Bonchev–Trinajstić information content (AvgIpc) is 3.16. The molecular formula is C24H28FN3O2. The second-order valence-electron chi connectivity index (χ2n) is 8.00. The molecule has 2 aromatic carbocycles. The third-order valence-corrected chi connectivity index (χ3v) is 6.13. The van der Waals surface area contributed by atoms with Gasteiger partial charge in [0.05, 0.1) is 11.7 Å². The highest BCUT2D eigenvalue weighted by molar-refractivity contribution is 5.99. The van der Waals surface area contributed by atoms with Crippen molar-refractivity contribution in [2.75, 3.05) is 37.6 Å². The summed E-state index contributed by atoms with van der Waals surface area (Å²) in [6.45, 7) is 3.20. The van der Waals surface area contributed by atoms with Crippen molar-refractivity contribution in [2.45, 2.75) is 31.7 Å². The number of hydrogen-bond donors (Lipinski definition) is 0. The van der Waals surface area contributed by atoms with Crippen LogP contribution in [0.4, 0.5) is 10.1 Å². The molecule has 0 saturated carbocycles. The summed E-state index contributed by atoms with van der Waals surface area (Å²) in [5, 5.41) is 0. The van der Waals surface area contributed by atoms with E-state index in [4.69, 9.17) is 0 Å². The molecule has 6 heteroatoms. The lowest BCUT2D eigenvalue weighted by Gasteiger charge is -2.37. The fourth-order valence-electron chi connectivity index (χ4n) is 4.44. The van der Waals surface area contributed by atoms with Crippen molar-refractivity contribution in [2.24, 2.45) is 0 Å². The van der Waals surface area contributed by atoms with Gasteiger partial charge in [-0.1, -0.05) is 42.5 Å². The highest BCUT2D eigenvalue weighted by Crippen LogP contribution is 2.27. The molecule has 0 N–H and O–H groups in total. The zero-order valence-electron chi connectivity index (χ0n) is 17.2. The van der Waals surface area contributed by atoms with Crippen LogP contribution in [-0.2, 0) is 16.0 Å². The molecule has 2 aromatic rings. The minimum atomic E-state index is -0.364. The SMILES string of the molecule is O=C(CCCc1ccccc1)N1CCN(C2CCN(c3ccccc3F)C2=O)CC1. The Bertz CT molecular complexity index is 881. The third kappa shape index (κ3) is 4.54. The lowest BCUT2D eigenvalue weighted by atomic mass is 10.1. The first-order valence-electron chi connectivity index (χ1n) is 10.7. The third-order valence-electron chi connectivity index (χ3n) is 6.13. The average molecular weight is 410 g/mol. The number of para-hydroxylation sites is 1. The Kier molecular flexibility index (Phi) is 6.43. The zero-order chi connectivity index (χ0) is 20.9. The van der Waals surface area contributed by atoms with Gasteiger partial charge in [0.1, 0.15) is 5.82 Å². The number of piperazine rings is 1. The Labute approximate surface area is 177 Å². The minimum absolute atomic E-state index is 0.0391. The Morgan fingerprint density at radius 2 is 1.63 bits per heavy atom. The fraction of sp³-hybridized carbons (Fsp3) is 0.417. The van der Waals surface area contributed by atoms with Crippen LogP contribution < -0.4 is 4.90 Å². The molecule has 30 heavy (non-hydrogen) atoms. The molecule has 2 heterocycles. The quantitative estimate of drug-likeness (QED) is 0.737. The van der Waals surface area contributed by atoms with E-state index in [1.807, 2.05) is 23.1 Å². The summed E-state index contributed by atoms with van der Waals surface area (Å²) in [5.74, 6) is -0.212. The van der Waals surface area contributed by atoms with E-state index in [0.29, 0.717) is 51.3 Å². The van der Waals surface area contributed by atoms with Crippen LogP contribution in [0.5, 0.6) is 0 Å². The summed E-state index contributed by atoms with van der Waals surface area (Å²) in [7, 11) is 0. The molecule has 1 unspecified atom stereocenters. The van der Waals surface area contributed by atoms with Crippen LogP contribution in [0, 0.1) is 5.82 Å². The summed E-state index contributed by atoms with van der Waals surface area (Å²) in [6.07, 6.45) is 3.01. The molecule has 2 aliphatic heterocycles. The number of amides is 2. The van der Waals surface area contributed by atoms with E-state index < -0.39 is 0 Å². The van der Waals surface area contributed by atoms with Gasteiger partial charge in [0.15, 0.2) is 0 Å². The number of carbonyl (C=O) groups is 2. The van der Waals surface area contributed by atoms with Gasteiger partial charge in [-0.05, 0) is 37.0 Å². The summed E-state index contributed by atoms with van der Waals surface area (Å²) in [4.78, 5) is 31.1. The summed E-state index contributed by atoms with van der Waals surface area (Å²) in [5.41, 5.74) is 1.62. The maximum absolute atomic E-state index is 14.1. The van der Waals surface area contributed by atoms with E-state index in [2.05, 4.69) is 17.0 Å².